The minimum atomic E-state index is -0.0644. The first-order valence-corrected chi connectivity index (χ1v) is 7.29. The Morgan fingerprint density at radius 1 is 1.30 bits per heavy atom. The highest BCUT2D eigenvalue weighted by molar-refractivity contribution is 5.94. The van der Waals surface area contributed by atoms with Crippen molar-refractivity contribution < 1.29 is 9.90 Å². The SMILES string of the molecule is CCCC(CCO)CNC(=O)C=C(C)c1ccccc1. The molecule has 1 aromatic carbocycles. The van der Waals surface area contributed by atoms with Crippen LogP contribution in [0.4, 0.5) is 0 Å². The Labute approximate surface area is 121 Å². The number of rotatable bonds is 8. The van der Waals surface area contributed by atoms with E-state index in [2.05, 4.69) is 12.2 Å². The number of hydrogen-bond acceptors (Lipinski definition) is 2. The Bertz CT molecular complexity index is 420. The number of hydrogen-bond donors (Lipinski definition) is 2. The zero-order valence-electron chi connectivity index (χ0n) is 12.4. The number of nitrogens with one attached hydrogen (secondary N) is 1. The topological polar surface area (TPSA) is 49.3 Å². The Hall–Kier alpha value is -1.61. The smallest absolute Gasteiger partial charge is 0.244 e. The second-order valence-corrected chi connectivity index (χ2v) is 5.11. The molecular weight excluding hydrogens is 250 g/mol. The fourth-order valence-electron chi connectivity index (χ4n) is 2.22. The third-order valence-corrected chi connectivity index (χ3v) is 3.38. The molecule has 3 nitrogen and oxygen atoms in total. The van der Waals surface area contributed by atoms with Crippen LogP contribution in [0.25, 0.3) is 5.57 Å². The highest BCUT2D eigenvalue weighted by Gasteiger charge is 2.08. The van der Waals surface area contributed by atoms with Gasteiger partial charge in [-0.1, -0.05) is 43.7 Å². The van der Waals surface area contributed by atoms with Crippen LogP contribution >= 0.6 is 0 Å². The van der Waals surface area contributed by atoms with E-state index < -0.39 is 0 Å². The second kappa shape index (κ2) is 9.32. The normalized spacial score (nSPS) is 13.1. The van der Waals surface area contributed by atoms with Gasteiger partial charge in [0.2, 0.25) is 5.91 Å². The van der Waals surface area contributed by atoms with Crippen LogP contribution in [-0.2, 0) is 4.79 Å². The van der Waals surface area contributed by atoms with E-state index >= 15 is 0 Å². The van der Waals surface area contributed by atoms with Crippen molar-refractivity contribution in [2.24, 2.45) is 5.92 Å². The first-order chi connectivity index (χ1) is 9.67. The van der Waals surface area contributed by atoms with Gasteiger partial charge in [-0.2, -0.15) is 0 Å². The van der Waals surface area contributed by atoms with Crippen molar-refractivity contribution >= 4 is 11.5 Å². The van der Waals surface area contributed by atoms with Gasteiger partial charge in [0, 0.05) is 19.2 Å². The number of carbonyl (C=O) groups is 1. The van der Waals surface area contributed by atoms with E-state index in [9.17, 15) is 4.79 Å². The first-order valence-electron chi connectivity index (χ1n) is 7.29. The molecule has 0 bridgehead atoms. The third-order valence-electron chi connectivity index (χ3n) is 3.38. The third kappa shape index (κ3) is 6.02. The fraction of sp³-hybridized carbons (Fsp3) is 0.471. The van der Waals surface area contributed by atoms with E-state index in [1.807, 2.05) is 37.3 Å². The molecule has 1 amide bonds. The van der Waals surface area contributed by atoms with Crippen molar-refractivity contribution in [1.82, 2.24) is 5.32 Å². The van der Waals surface area contributed by atoms with Crippen molar-refractivity contribution in [3.05, 3.63) is 42.0 Å². The van der Waals surface area contributed by atoms with Gasteiger partial charge in [-0.25, -0.2) is 0 Å². The van der Waals surface area contributed by atoms with Crippen molar-refractivity contribution in [1.29, 1.82) is 0 Å². The molecule has 0 aromatic heterocycles. The summed E-state index contributed by atoms with van der Waals surface area (Å²) in [6.45, 7) is 4.86. The summed E-state index contributed by atoms with van der Waals surface area (Å²) in [6, 6.07) is 9.86. The van der Waals surface area contributed by atoms with Crippen molar-refractivity contribution in [3.63, 3.8) is 0 Å². The molecule has 0 aliphatic heterocycles. The van der Waals surface area contributed by atoms with Crippen LogP contribution in [0.5, 0.6) is 0 Å². The van der Waals surface area contributed by atoms with Gasteiger partial charge in [-0.05, 0) is 36.8 Å². The van der Waals surface area contributed by atoms with E-state index in [1.165, 1.54) is 0 Å². The summed E-state index contributed by atoms with van der Waals surface area (Å²) >= 11 is 0. The monoisotopic (exact) mass is 275 g/mol. The number of allylic oxidation sites excluding steroid dienone is 1. The highest BCUT2D eigenvalue weighted by atomic mass is 16.3. The summed E-state index contributed by atoms with van der Waals surface area (Å²) in [5, 5.41) is 11.9. The van der Waals surface area contributed by atoms with Crippen LogP contribution in [0, 0.1) is 5.92 Å². The van der Waals surface area contributed by atoms with Gasteiger partial charge in [0.1, 0.15) is 0 Å². The molecule has 1 atom stereocenters. The van der Waals surface area contributed by atoms with E-state index in [0.717, 1.165) is 30.4 Å². The van der Waals surface area contributed by atoms with Gasteiger partial charge < -0.3 is 10.4 Å². The maximum absolute atomic E-state index is 11.9. The number of aliphatic hydroxyl groups excluding tert-OH is 1. The van der Waals surface area contributed by atoms with Crippen molar-refractivity contribution in [2.75, 3.05) is 13.2 Å². The average molecular weight is 275 g/mol. The standard InChI is InChI=1S/C17H25NO2/c1-3-7-15(10-11-19)13-18-17(20)12-14(2)16-8-5-4-6-9-16/h4-6,8-9,12,15,19H,3,7,10-11,13H2,1-2H3,(H,18,20). The first kappa shape index (κ1) is 16.4. The van der Waals surface area contributed by atoms with E-state index in [1.54, 1.807) is 6.08 Å². The van der Waals surface area contributed by atoms with Crippen molar-refractivity contribution in [3.8, 4) is 0 Å². The fourth-order valence-corrected chi connectivity index (χ4v) is 2.22. The van der Waals surface area contributed by atoms with Crippen LogP contribution in [0.3, 0.4) is 0 Å². The molecule has 0 aliphatic carbocycles. The van der Waals surface area contributed by atoms with Crippen LogP contribution in [0.1, 0.15) is 38.7 Å². The molecule has 0 aliphatic rings. The van der Waals surface area contributed by atoms with Crippen molar-refractivity contribution in [2.45, 2.75) is 33.1 Å². The largest absolute Gasteiger partial charge is 0.396 e. The zero-order valence-corrected chi connectivity index (χ0v) is 12.4. The van der Waals surface area contributed by atoms with Gasteiger partial charge in [-0.3, -0.25) is 4.79 Å². The lowest BCUT2D eigenvalue weighted by atomic mass is 10.0. The van der Waals surface area contributed by atoms with E-state index in [4.69, 9.17) is 5.11 Å². The Morgan fingerprint density at radius 3 is 2.60 bits per heavy atom. The maximum Gasteiger partial charge on any atom is 0.244 e. The quantitative estimate of drug-likeness (QED) is 0.717. The number of benzene rings is 1. The van der Waals surface area contributed by atoms with Gasteiger partial charge in [0.15, 0.2) is 0 Å². The Kier molecular flexibility index (Phi) is 7.66. The summed E-state index contributed by atoms with van der Waals surface area (Å²) in [5.74, 6) is 0.296. The molecule has 3 heteroatoms. The summed E-state index contributed by atoms with van der Waals surface area (Å²) < 4.78 is 0. The molecule has 0 spiro atoms. The molecule has 0 saturated carbocycles. The van der Waals surface area contributed by atoms with Crippen LogP contribution in [0.15, 0.2) is 36.4 Å². The molecule has 1 aromatic rings. The second-order valence-electron chi connectivity index (χ2n) is 5.11. The lowest BCUT2D eigenvalue weighted by Gasteiger charge is -2.15. The lowest BCUT2D eigenvalue weighted by Crippen LogP contribution is -2.28. The summed E-state index contributed by atoms with van der Waals surface area (Å²) in [6.07, 6.45) is 4.48. The molecule has 0 heterocycles. The van der Waals surface area contributed by atoms with E-state index in [-0.39, 0.29) is 12.5 Å². The molecule has 2 N–H and O–H groups in total. The molecule has 20 heavy (non-hydrogen) atoms. The Morgan fingerprint density at radius 2 is 2.00 bits per heavy atom. The van der Waals surface area contributed by atoms with Gasteiger partial charge in [-0.15, -0.1) is 0 Å². The lowest BCUT2D eigenvalue weighted by molar-refractivity contribution is -0.116. The number of carbonyl (C=O) groups excluding carboxylic acids is 1. The Balaban J connectivity index is 2.50. The van der Waals surface area contributed by atoms with E-state index in [0.29, 0.717) is 12.5 Å². The van der Waals surface area contributed by atoms with Gasteiger partial charge in [0.25, 0.3) is 0 Å². The minimum Gasteiger partial charge on any atom is -0.396 e. The molecule has 110 valence electrons. The summed E-state index contributed by atoms with van der Waals surface area (Å²) in [4.78, 5) is 11.9. The maximum atomic E-state index is 11.9. The van der Waals surface area contributed by atoms with Gasteiger partial charge >= 0.3 is 0 Å². The number of aliphatic hydroxyl groups is 1. The van der Waals surface area contributed by atoms with Crippen LogP contribution in [-0.4, -0.2) is 24.2 Å². The summed E-state index contributed by atoms with van der Waals surface area (Å²) in [7, 11) is 0. The molecular formula is C17H25NO2. The zero-order chi connectivity index (χ0) is 14.8. The molecule has 1 rings (SSSR count). The van der Waals surface area contributed by atoms with Crippen LogP contribution in [0.2, 0.25) is 0 Å². The number of amides is 1. The average Bonchev–Trinajstić information content (AvgIpc) is 2.46. The van der Waals surface area contributed by atoms with Crippen LogP contribution < -0.4 is 5.32 Å². The highest BCUT2D eigenvalue weighted by Crippen LogP contribution is 2.13. The molecule has 0 fully saturated rings. The summed E-state index contributed by atoms with van der Waals surface area (Å²) in [5.41, 5.74) is 2.01. The molecule has 0 saturated heterocycles. The predicted octanol–water partition coefficient (Wildman–Crippen LogP) is 3.00. The van der Waals surface area contributed by atoms with Gasteiger partial charge in [0.05, 0.1) is 0 Å². The minimum absolute atomic E-state index is 0.0644. The molecule has 1 unspecified atom stereocenters. The molecule has 0 radical (unpaired) electrons. The predicted molar refractivity (Wildman–Crippen MR) is 83.2 cm³/mol.